The van der Waals surface area contributed by atoms with E-state index in [1.54, 1.807) is 23.7 Å². The van der Waals surface area contributed by atoms with Crippen LogP contribution in [0.5, 0.6) is 0 Å². The van der Waals surface area contributed by atoms with Crippen molar-refractivity contribution in [1.82, 2.24) is 24.8 Å². The van der Waals surface area contributed by atoms with Gasteiger partial charge in [-0.3, -0.25) is 14.2 Å². The van der Waals surface area contributed by atoms with Crippen molar-refractivity contribution in [2.75, 3.05) is 6.54 Å². The van der Waals surface area contributed by atoms with E-state index in [0.717, 1.165) is 30.2 Å². The number of amides is 2. The lowest BCUT2D eigenvalue weighted by molar-refractivity contribution is -0.134. The Morgan fingerprint density at radius 1 is 1.21 bits per heavy atom. The summed E-state index contributed by atoms with van der Waals surface area (Å²) in [6.45, 7) is 3.71. The molecule has 7 nitrogen and oxygen atoms in total. The number of hydrogen-bond donors (Lipinski definition) is 1. The van der Waals surface area contributed by atoms with E-state index in [1.165, 1.54) is 10.4 Å². The molecule has 29 heavy (non-hydrogen) atoms. The number of nitrogens with zero attached hydrogens (tertiary/aromatic N) is 4. The predicted molar refractivity (Wildman–Crippen MR) is 111 cm³/mol. The molecule has 0 aromatic carbocycles. The van der Waals surface area contributed by atoms with Crippen LogP contribution in [0, 0.1) is 6.92 Å². The number of hydrogen-bond acceptors (Lipinski definition) is 5. The number of aryl methyl sites for hydroxylation is 1. The zero-order valence-electron chi connectivity index (χ0n) is 16.3. The zero-order valence-corrected chi connectivity index (χ0v) is 17.1. The Labute approximate surface area is 173 Å². The summed E-state index contributed by atoms with van der Waals surface area (Å²) in [5, 5.41) is 4.97. The second-order valence-electron chi connectivity index (χ2n) is 7.08. The molecule has 0 spiro atoms. The van der Waals surface area contributed by atoms with Crippen molar-refractivity contribution in [3.8, 4) is 5.82 Å². The van der Waals surface area contributed by atoms with Crippen LogP contribution in [0.25, 0.3) is 5.82 Å². The van der Waals surface area contributed by atoms with Crippen molar-refractivity contribution in [1.29, 1.82) is 0 Å². The monoisotopic (exact) mass is 409 g/mol. The third-order valence-electron chi connectivity index (χ3n) is 5.10. The lowest BCUT2D eigenvalue weighted by Crippen LogP contribution is -2.36. The van der Waals surface area contributed by atoms with Gasteiger partial charge in [0.25, 0.3) is 0 Å². The first-order valence-corrected chi connectivity index (χ1v) is 10.5. The van der Waals surface area contributed by atoms with Crippen LogP contribution in [0.1, 0.15) is 34.7 Å². The molecule has 2 amide bonds. The van der Waals surface area contributed by atoms with Gasteiger partial charge < -0.3 is 10.2 Å². The fraction of sp³-hybridized carbons (Fsp3) is 0.333. The number of carbonyl (C=O) groups is 2. The average Bonchev–Trinajstić information content (AvgIpc) is 3.38. The Morgan fingerprint density at radius 2 is 2.10 bits per heavy atom. The molecule has 0 saturated carbocycles. The molecular formula is C21H23N5O2S. The van der Waals surface area contributed by atoms with Crippen molar-refractivity contribution >= 4 is 23.2 Å². The van der Waals surface area contributed by atoms with Crippen LogP contribution in [0.15, 0.2) is 42.2 Å². The van der Waals surface area contributed by atoms with Gasteiger partial charge in [0.1, 0.15) is 11.6 Å². The minimum atomic E-state index is -0.122. The van der Waals surface area contributed by atoms with Crippen LogP contribution in [0.4, 0.5) is 0 Å². The van der Waals surface area contributed by atoms with Crippen molar-refractivity contribution in [2.45, 2.75) is 39.3 Å². The molecule has 1 aliphatic rings. The zero-order chi connectivity index (χ0) is 20.2. The van der Waals surface area contributed by atoms with Gasteiger partial charge in [-0.15, -0.1) is 11.3 Å². The topological polar surface area (TPSA) is 80.1 Å². The Balaban J connectivity index is 1.25. The Morgan fingerprint density at radius 3 is 2.93 bits per heavy atom. The second kappa shape index (κ2) is 8.57. The van der Waals surface area contributed by atoms with Crippen molar-refractivity contribution in [2.24, 2.45) is 0 Å². The van der Waals surface area contributed by atoms with Crippen molar-refractivity contribution in [3.05, 3.63) is 64.0 Å². The summed E-state index contributed by atoms with van der Waals surface area (Å²) in [5.41, 5.74) is 2.18. The third kappa shape index (κ3) is 4.54. The van der Waals surface area contributed by atoms with E-state index in [4.69, 9.17) is 0 Å². The van der Waals surface area contributed by atoms with Crippen LogP contribution in [0.3, 0.4) is 0 Å². The molecular weight excluding hydrogens is 386 g/mol. The largest absolute Gasteiger partial charge is 0.352 e. The van der Waals surface area contributed by atoms with Crippen LogP contribution < -0.4 is 5.32 Å². The number of imidazole rings is 1. The molecule has 0 aliphatic carbocycles. The first kappa shape index (κ1) is 19.3. The van der Waals surface area contributed by atoms with E-state index < -0.39 is 0 Å². The first-order chi connectivity index (χ1) is 14.1. The summed E-state index contributed by atoms with van der Waals surface area (Å²) in [4.78, 5) is 36.4. The molecule has 1 N–H and O–H groups in total. The van der Waals surface area contributed by atoms with Gasteiger partial charge >= 0.3 is 0 Å². The minimum Gasteiger partial charge on any atom is -0.352 e. The molecule has 3 aromatic rings. The lowest BCUT2D eigenvalue weighted by atomic mass is 10.1. The maximum absolute atomic E-state index is 12.4. The average molecular weight is 410 g/mol. The van der Waals surface area contributed by atoms with Gasteiger partial charge in [-0.05, 0) is 48.1 Å². The standard InChI is InChI=1S/C21H23N5O2S/c1-15-22-8-10-26(15)19-12-16(4-7-23-19)13-24-20(27)2-3-21(28)25-9-5-18-17(14-25)6-11-29-18/h4,6-8,10-12H,2-3,5,9,13-14H2,1H3,(H,24,27). The van der Waals surface area contributed by atoms with Gasteiger partial charge in [0.15, 0.2) is 0 Å². The summed E-state index contributed by atoms with van der Waals surface area (Å²) in [6.07, 6.45) is 6.64. The van der Waals surface area contributed by atoms with E-state index in [1.807, 2.05) is 34.7 Å². The second-order valence-corrected chi connectivity index (χ2v) is 8.08. The minimum absolute atomic E-state index is 0.0405. The summed E-state index contributed by atoms with van der Waals surface area (Å²) in [7, 11) is 0. The number of carbonyl (C=O) groups excluding carboxylic acids is 2. The smallest absolute Gasteiger partial charge is 0.223 e. The molecule has 0 bridgehead atoms. The van der Waals surface area contributed by atoms with Gasteiger partial charge in [-0.2, -0.15) is 0 Å². The molecule has 0 saturated heterocycles. The molecule has 150 valence electrons. The molecule has 8 heteroatoms. The number of nitrogens with one attached hydrogen (secondary N) is 1. The highest BCUT2D eigenvalue weighted by Crippen LogP contribution is 2.24. The Hall–Kier alpha value is -3.00. The molecule has 0 atom stereocenters. The van der Waals surface area contributed by atoms with E-state index in [9.17, 15) is 9.59 Å². The van der Waals surface area contributed by atoms with E-state index in [0.29, 0.717) is 13.1 Å². The summed E-state index contributed by atoms with van der Waals surface area (Å²) in [5.74, 6) is 1.53. The molecule has 0 unspecified atom stereocenters. The molecule has 0 fully saturated rings. The molecule has 4 heterocycles. The lowest BCUT2D eigenvalue weighted by Gasteiger charge is -2.27. The summed E-state index contributed by atoms with van der Waals surface area (Å²) in [6, 6.07) is 5.88. The fourth-order valence-electron chi connectivity index (χ4n) is 3.45. The SMILES string of the molecule is Cc1nccn1-c1cc(CNC(=O)CCC(=O)N2CCc3sccc3C2)ccn1. The first-order valence-electron chi connectivity index (χ1n) is 9.65. The van der Waals surface area contributed by atoms with Gasteiger partial charge in [0.2, 0.25) is 11.8 Å². The van der Waals surface area contributed by atoms with Crippen LogP contribution in [-0.4, -0.2) is 37.8 Å². The summed E-state index contributed by atoms with van der Waals surface area (Å²) >= 11 is 1.75. The highest BCUT2D eigenvalue weighted by Gasteiger charge is 2.21. The molecule has 4 rings (SSSR count). The Bertz CT molecular complexity index is 1030. The number of aromatic nitrogens is 3. The Kier molecular flexibility index (Phi) is 5.71. The molecule has 3 aromatic heterocycles. The van der Waals surface area contributed by atoms with Crippen molar-refractivity contribution < 1.29 is 9.59 Å². The number of pyridine rings is 1. The quantitative estimate of drug-likeness (QED) is 0.679. The highest BCUT2D eigenvalue weighted by molar-refractivity contribution is 7.10. The van der Waals surface area contributed by atoms with Crippen LogP contribution in [0.2, 0.25) is 0 Å². The van der Waals surface area contributed by atoms with Gasteiger partial charge in [0, 0.05) is 55.9 Å². The maximum Gasteiger partial charge on any atom is 0.223 e. The predicted octanol–water partition coefficient (Wildman–Crippen LogP) is 2.62. The molecule has 0 radical (unpaired) electrons. The van der Waals surface area contributed by atoms with Crippen LogP contribution >= 0.6 is 11.3 Å². The van der Waals surface area contributed by atoms with Gasteiger partial charge in [-0.25, -0.2) is 9.97 Å². The van der Waals surface area contributed by atoms with Gasteiger partial charge in [-0.1, -0.05) is 0 Å². The number of fused-ring (bicyclic) bond motifs is 1. The number of rotatable bonds is 6. The van der Waals surface area contributed by atoms with E-state index in [-0.39, 0.29) is 24.7 Å². The molecule has 1 aliphatic heterocycles. The maximum atomic E-state index is 12.4. The van der Waals surface area contributed by atoms with Crippen molar-refractivity contribution in [3.63, 3.8) is 0 Å². The van der Waals surface area contributed by atoms with E-state index in [2.05, 4.69) is 26.7 Å². The van der Waals surface area contributed by atoms with Gasteiger partial charge in [0.05, 0.1) is 0 Å². The van der Waals surface area contributed by atoms with E-state index >= 15 is 0 Å². The highest BCUT2D eigenvalue weighted by atomic mass is 32.1. The number of thiophene rings is 1. The normalized spacial score (nSPS) is 13.2. The van der Waals surface area contributed by atoms with Crippen LogP contribution in [-0.2, 0) is 29.1 Å². The summed E-state index contributed by atoms with van der Waals surface area (Å²) < 4.78 is 1.89. The third-order valence-corrected chi connectivity index (χ3v) is 6.12. The fourth-order valence-corrected chi connectivity index (χ4v) is 4.34.